The van der Waals surface area contributed by atoms with Gasteiger partial charge in [-0.3, -0.25) is 5.10 Å². The number of hydrogen-bond acceptors (Lipinski definition) is 3. The number of H-pyrrole nitrogens is 1. The van der Waals surface area contributed by atoms with Crippen molar-refractivity contribution < 1.29 is 4.74 Å². The maximum Gasteiger partial charge on any atom is 0.195 e. The molecule has 1 N–H and O–H groups in total. The third-order valence-corrected chi connectivity index (χ3v) is 4.42. The smallest absolute Gasteiger partial charge is 0.195 e. The number of methoxy groups -OCH3 is 1. The standard InChI is InChI=1S/C14H25N3OS/c1-11(2)10-14(6-4-5-7-14)12-15-16-13(19)17(12)8-9-18-3/h11H,4-10H2,1-3H3,(H,16,19). The highest BCUT2D eigenvalue weighted by Crippen LogP contribution is 2.44. The van der Waals surface area contributed by atoms with Gasteiger partial charge in [-0.25, -0.2) is 0 Å². The van der Waals surface area contributed by atoms with Gasteiger partial charge in [0, 0.05) is 12.5 Å². The summed E-state index contributed by atoms with van der Waals surface area (Å²) in [7, 11) is 1.73. The average Bonchev–Trinajstić information content (AvgIpc) is 2.94. The lowest BCUT2D eigenvalue weighted by Gasteiger charge is -2.30. The molecule has 0 atom stereocenters. The van der Waals surface area contributed by atoms with Crippen molar-refractivity contribution in [1.82, 2.24) is 14.8 Å². The minimum absolute atomic E-state index is 0.218. The van der Waals surface area contributed by atoms with Crippen LogP contribution in [0.5, 0.6) is 0 Å². The fourth-order valence-corrected chi connectivity index (χ4v) is 3.69. The predicted molar refractivity (Wildman–Crippen MR) is 78.9 cm³/mol. The molecule has 1 aromatic rings. The Labute approximate surface area is 120 Å². The summed E-state index contributed by atoms with van der Waals surface area (Å²) in [6, 6.07) is 0. The summed E-state index contributed by atoms with van der Waals surface area (Å²) in [6.45, 7) is 6.06. The molecule has 19 heavy (non-hydrogen) atoms. The van der Waals surface area contributed by atoms with E-state index in [1.807, 2.05) is 0 Å². The zero-order valence-electron chi connectivity index (χ0n) is 12.2. The van der Waals surface area contributed by atoms with Gasteiger partial charge >= 0.3 is 0 Å². The fraction of sp³-hybridized carbons (Fsp3) is 0.857. The van der Waals surface area contributed by atoms with Crippen molar-refractivity contribution in [1.29, 1.82) is 0 Å². The molecule has 1 aliphatic carbocycles. The van der Waals surface area contributed by atoms with Gasteiger partial charge in [0.05, 0.1) is 13.2 Å². The summed E-state index contributed by atoms with van der Waals surface area (Å²) in [5.74, 6) is 1.83. The second-order valence-electron chi connectivity index (χ2n) is 6.08. The monoisotopic (exact) mass is 283 g/mol. The highest BCUT2D eigenvalue weighted by Gasteiger charge is 2.40. The molecule has 0 amide bonds. The predicted octanol–water partition coefficient (Wildman–Crippen LogP) is 3.44. The first-order valence-corrected chi connectivity index (χ1v) is 7.64. The number of ether oxygens (including phenoxy) is 1. The largest absolute Gasteiger partial charge is 0.383 e. The summed E-state index contributed by atoms with van der Waals surface area (Å²) in [5, 5.41) is 7.55. The topological polar surface area (TPSA) is 42.8 Å². The average molecular weight is 283 g/mol. The summed E-state index contributed by atoms with van der Waals surface area (Å²) < 4.78 is 8.06. The lowest BCUT2D eigenvalue weighted by molar-refractivity contribution is 0.182. The maximum atomic E-state index is 5.37. The molecule has 108 valence electrons. The van der Waals surface area contributed by atoms with Crippen LogP contribution < -0.4 is 0 Å². The molecular formula is C14H25N3OS. The first kappa shape index (κ1) is 14.7. The van der Waals surface area contributed by atoms with E-state index in [0.717, 1.165) is 17.1 Å². The van der Waals surface area contributed by atoms with E-state index in [1.54, 1.807) is 7.11 Å². The van der Waals surface area contributed by atoms with Crippen molar-refractivity contribution in [2.24, 2.45) is 5.92 Å². The molecule has 0 spiro atoms. The van der Waals surface area contributed by atoms with Crippen LogP contribution >= 0.6 is 12.2 Å². The van der Waals surface area contributed by atoms with Crippen LogP contribution in [0.2, 0.25) is 0 Å². The molecule has 0 bridgehead atoms. The molecule has 1 aromatic heterocycles. The van der Waals surface area contributed by atoms with Gasteiger partial charge in [-0.1, -0.05) is 26.7 Å². The highest BCUT2D eigenvalue weighted by atomic mass is 32.1. The Morgan fingerprint density at radius 1 is 1.42 bits per heavy atom. The third-order valence-electron chi connectivity index (χ3n) is 4.11. The fourth-order valence-electron chi connectivity index (χ4n) is 3.46. The van der Waals surface area contributed by atoms with E-state index in [2.05, 4.69) is 28.6 Å². The first-order valence-electron chi connectivity index (χ1n) is 7.24. The molecule has 0 unspecified atom stereocenters. The Kier molecular flexibility index (Phi) is 4.79. The van der Waals surface area contributed by atoms with Crippen LogP contribution in [0.3, 0.4) is 0 Å². The van der Waals surface area contributed by atoms with Crippen LogP contribution in [0, 0.1) is 10.7 Å². The number of nitrogens with one attached hydrogen (secondary N) is 1. The van der Waals surface area contributed by atoms with E-state index >= 15 is 0 Å². The second kappa shape index (κ2) is 6.18. The molecule has 0 saturated heterocycles. The molecule has 1 heterocycles. The van der Waals surface area contributed by atoms with Crippen LogP contribution in [0.1, 0.15) is 51.8 Å². The van der Waals surface area contributed by atoms with Crippen molar-refractivity contribution in [2.45, 2.75) is 57.9 Å². The van der Waals surface area contributed by atoms with E-state index < -0.39 is 0 Å². The lowest BCUT2D eigenvalue weighted by atomic mass is 9.77. The SMILES string of the molecule is COCCn1c(C2(CC(C)C)CCCC2)n[nH]c1=S. The van der Waals surface area contributed by atoms with Crippen molar-refractivity contribution in [3.63, 3.8) is 0 Å². The molecular weight excluding hydrogens is 258 g/mol. The zero-order chi connectivity index (χ0) is 13.9. The van der Waals surface area contributed by atoms with Gasteiger partial charge < -0.3 is 9.30 Å². The Morgan fingerprint density at radius 2 is 2.11 bits per heavy atom. The first-order chi connectivity index (χ1) is 9.09. The number of hydrogen-bond donors (Lipinski definition) is 1. The van der Waals surface area contributed by atoms with Crippen molar-refractivity contribution in [3.8, 4) is 0 Å². The van der Waals surface area contributed by atoms with E-state index in [-0.39, 0.29) is 5.41 Å². The van der Waals surface area contributed by atoms with Gasteiger partial charge in [-0.05, 0) is 37.4 Å². The minimum Gasteiger partial charge on any atom is -0.383 e. The van der Waals surface area contributed by atoms with Crippen molar-refractivity contribution in [2.75, 3.05) is 13.7 Å². The second-order valence-corrected chi connectivity index (χ2v) is 6.47. The molecule has 0 aliphatic heterocycles. The summed E-state index contributed by atoms with van der Waals surface area (Å²) in [6.07, 6.45) is 6.27. The normalized spacial score (nSPS) is 18.3. The molecule has 4 nitrogen and oxygen atoms in total. The van der Waals surface area contributed by atoms with E-state index in [9.17, 15) is 0 Å². The number of aromatic amines is 1. The van der Waals surface area contributed by atoms with Gasteiger partial charge in [-0.2, -0.15) is 5.10 Å². The Morgan fingerprint density at radius 3 is 2.68 bits per heavy atom. The summed E-state index contributed by atoms with van der Waals surface area (Å²) in [5.41, 5.74) is 0.218. The molecule has 1 fully saturated rings. The van der Waals surface area contributed by atoms with Crippen molar-refractivity contribution >= 4 is 12.2 Å². The Balaban J connectivity index is 2.34. The van der Waals surface area contributed by atoms with Crippen LogP contribution in [0.15, 0.2) is 0 Å². The van der Waals surface area contributed by atoms with Gasteiger partial charge in [0.1, 0.15) is 5.82 Å². The van der Waals surface area contributed by atoms with E-state index in [0.29, 0.717) is 12.5 Å². The third kappa shape index (κ3) is 3.08. The van der Waals surface area contributed by atoms with Crippen molar-refractivity contribution in [3.05, 3.63) is 10.6 Å². The van der Waals surface area contributed by atoms with Crippen LogP contribution in [-0.4, -0.2) is 28.5 Å². The summed E-state index contributed by atoms with van der Waals surface area (Å²) >= 11 is 5.37. The minimum atomic E-state index is 0.218. The van der Waals surface area contributed by atoms with Crippen LogP contribution in [-0.2, 0) is 16.7 Å². The summed E-state index contributed by atoms with van der Waals surface area (Å²) in [4.78, 5) is 0. The number of aromatic nitrogens is 3. The van der Waals surface area contributed by atoms with Crippen LogP contribution in [0.4, 0.5) is 0 Å². The Bertz CT molecular complexity index is 458. The van der Waals surface area contributed by atoms with Gasteiger partial charge in [-0.15, -0.1) is 0 Å². The molecule has 2 rings (SSSR count). The van der Waals surface area contributed by atoms with Crippen LogP contribution in [0.25, 0.3) is 0 Å². The van der Waals surface area contributed by atoms with Gasteiger partial charge in [0.15, 0.2) is 4.77 Å². The molecule has 1 saturated carbocycles. The molecule has 5 heteroatoms. The lowest BCUT2D eigenvalue weighted by Crippen LogP contribution is -2.29. The van der Waals surface area contributed by atoms with E-state index in [4.69, 9.17) is 17.0 Å². The van der Waals surface area contributed by atoms with Gasteiger partial charge in [0.2, 0.25) is 0 Å². The molecule has 1 aliphatic rings. The number of rotatable bonds is 6. The van der Waals surface area contributed by atoms with E-state index in [1.165, 1.54) is 32.1 Å². The van der Waals surface area contributed by atoms with Gasteiger partial charge in [0.25, 0.3) is 0 Å². The Hall–Kier alpha value is -0.680. The quantitative estimate of drug-likeness (QED) is 0.813. The molecule has 0 aromatic carbocycles. The zero-order valence-corrected chi connectivity index (χ0v) is 13.1. The highest BCUT2D eigenvalue weighted by molar-refractivity contribution is 7.71. The number of nitrogens with zero attached hydrogens (tertiary/aromatic N) is 2. The molecule has 0 radical (unpaired) electrons. The maximum absolute atomic E-state index is 5.37.